The van der Waals surface area contributed by atoms with E-state index < -0.39 is 0 Å². The number of rotatable bonds is 2. The molecule has 0 saturated heterocycles. The Morgan fingerprint density at radius 3 is 2.80 bits per heavy atom. The molecule has 0 aliphatic heterocycles. The van der Waals surface area contributed by atoms with Crippen LogP contribution in [0.3, 0.4) is 0 Å². The van der Waals surface area contributed by atoms with E-state index in [9.17, 15) is 4.79 Å². The Balaban J connectivity index is 2.66. The van der Waals surface area contributed by atoms with Crippen LogP contribution in [-0.2, 0) is 0 Å². The van der Waals surface area contributed by atoms with Gasteiger partial charge in [0, 0.05) is 14.1 Å². The molecule has 0 unspecified atom stereocenters. The number of amides is 1. The maximum absolute atomic E-state index is 11.5. The van der Waals surface area contributed by atoms with Gasteiger partial charge in [0.25, 0.3) is 5.91 Å². The number of amidine groups is 1. The minimum atomic E-state index is -0.387. The summed E-state index contributed by atoms with van der Waals surface area (Å²) in [5.74, 6) is 0.526. The Labute approximate surface area is 87.3 Å². The summed E-state index contributed by atoms with van der Waals surface area (Å²) in [6.45, 7) is 1.78. The maximum Gasteiger partial charge on any atom is 0.276 e. The number of nitrogens with one attached hydrogen (secondary N) is 2. The highest BCUT2D eigenvalue weighted by atomic mass is 16.2. The first kappa shape index (κ1) is 11.0. The molecule has 0 bridgehead atoms. The van der Waals surface area contributed by atoms with Gasteiger partial charge in [0.15, 0.2) is 0 Å². The maximum atomic E-state index is 11.5. The molecule has 1 rings (SSSR count). The quantitative estimate of drug-likeness (QED) is 0.352. The van der Waals surface area contributed by atoms with Crippen molar-refractivity contribution in [2.24, 2.45) is 5.10 Å². The van der Waals surface area contributed by atoms with Gasteiger partial charge in [0.2, 0.25) is 0 Å². The Morgan fingerprint density at radius 2 is 2.33 bits per heavy atom. The molecule has 1 aromatic rings. The number of nitrogen functional groups attached to an aromatic ring is 1. The number of aromatic amines is 1. The predicted octanol–water partition coefficient (Wildman–Crippen LogP) is -0.383. The van der Waals surface area contributed by atoms with E-state index in [0.717, 1.165) is 0 Å². The highest BCUT2D eigenvalue weighted by Gasteiger charge is 2.10. The van der Waals surface area contributed by atoms with Crippen LogP contribution in [0, 0.1) is 0 Å². The zero-order valence-electron chi connectivity index (χ0n) is 8.90. The Kier molecular flexibility index (Phi) is 3.27. The van der Waals surface area contributed by atoms with E-state index in [1.807, 2.05) is 14.1 Å². The van der Waals surface area contributed by atoms with Crippen LogP contribution in [-0.4, -0.2) is 40.9 Å². The highest BCUT2D eigenvalue weighted by Crippen LogP contribution is 2.04. The summed E-state index contributed by atoms with van der Waals surface area (Å²) in [6, 6.07) is 0. The third-order valence-electron chi connectivity index (χ3n) is 1.88. The van der Waals surface area contributed by atoms with Crippen molar-refractivity contribution in [3.05, 3.63) is 11.8 Å². The number of H-pyrrole nitrogens is 1. The lowest BCUT2D eigenvalue weighted by Crippen LogP contribution is -2.25. The molecule has 0 spiro atoms. The van der Waals surface area contributed by atoms with Gasteiger partial charge in [0.1, 0.15) is 17.2 Å². The van der Waals surface area contributed by atoms with E-state index in [4.69, 9.17) is 5.73 Å². The summed E-state index contributed by atoms with van der Waals surface area (Å²) in [7, 11) is 3.66. The highest BCUT2D eigenvalue weighted by molar-refractivity contribution is 5.98. The normalized spacial score (nSPS) is 11.3. The van der Waals surface area contributed by atoms with Crippen LogP contribution >= 0.6 is 0 Å². The van der Waals surface area contributed by atoms with Crippen molar-refractivity contribution in [2.75, 3.05) is 19.8 Å². The molecule has 0 atom stereocenters. The monoisotopic (exact) mass is 210 g/mol. The lowest BCUT2D eigenvalue weighted by atomic mass is 10.3. The van der Waals surface area contributed by atoms with Crippen molar-refractivity contribution >= 4 is 17.6 Å². The molecule has 0 radical (unpaired) electrons. The molecule has 15 heavy (non-hydrogen) atoms. The number of hydrazone groups is 1. The number of anilines is 1. The summed E-state index contributed by atoms with van der Waals surface area (Å²) in [4.78, 5) is 13.3. The van der Waals surface area contributed by atoms with Gasteiger partial charge in [-0.05, 0) is 6.92 Å². The molecule has 82 valence electrons. The summed E-state index contributed by atoms with van der Waals surface area (Å²) in [5.41, 5.74) is 8.13. The largest absolute Gasteiger partial charge is 0.383 e. The summed E-state index contributed by atoms with van der Waals surface area (Å²) < 4.78 is 0. The molecule has 4 N–H and O–H groups in total. The van der Waals surface area contributed by atoms with Crippen LogP contribution < -0.4 is 11.2 Å². The van der Waals surface area contributed by atoms with Gasteiger partial charge < -0.3 is 10.6 Å². The van der Waals surface area contributed by atoms with Crippen molar-refractivity contribution < 1.29 is 4.79 Å². The molecule has 7 nitrogen and oxygen atoms in total. The topological polar surface area (TPSA) is 99.4 Å². The predicted molar refractivity (Wildman–Crippen MR) is 57.3 cm³/mol. The minimum Gasteiger partial charge on any atom is -0.383 e. The molecule has 0 aliphatic rings. The summed E-state index contributed by atoms with van der Waals surface area (Å²) in [5, 5.41) is 9.97. The average molecular weight is 210 g/mol. The fraction of sp³-hybridized carbons (Fsp3) is 0.375. The number of carbonyl (C=O) groups is 1. The first-order chi connectivity index (χ1) is 7.02. The first-order valence-corrected chi connectivity index (χ1v) is 4.33. The van der Waals surface area contributed by atoms with Gasteiger partial charge in [-0.25, -0.2) is 5.43 Å². The first-order valence-electron chi connectivity index (χ1n) is 4.33. The Bertz CT molecular complexity index is 380. The molecule has 0 aliphatic carbocycles. The third kappa shape index (κ3) is 2.70. The van der Waals surface area contributed by atoms with Gasteiger partial charge in [-0.1, -0.05) is 0 Å². The molecule has 0 fully saturated rings. The Morgan fingerprint density at radius 1 is 1.67 bits per heavy atom. The molecule has 0 aromatic carbocycles. The molecule has 7 heteroatoms. The molecule has 1 amide bonds. The third-order valence-corrected chi connectivity index (χ3v) is 1.88. The SMILES string of the molecule is CC(=NNC(=O)c1cn[nH]c1N)N(C)C. The van der Waals surface area contributed by atoms with Crippen LogP contribution in [0.15, 0.2) is 11.3 Å². The van der Waals surface area contributed by atoms with E-state index in [1.54, 1.807) is 11.8 Å². The second kappa shape index (κ2) is 4.45. The summed E-state index contributed by atoms with van der Waals surface area (Å²) >= 11 is 0. The van der Waals surface area contributed by atoms with E-state index in [1.165, 1.54) is 6.20 Å². The molecule has 1 aromatic heterocycles. The van der Waals surface area contributed by atoms with E-state index in [0.29, 0.717) is 5.84 Å². The lowest BCUT2D eigenvalue weighted by Gasteiger charge is -2.10. The molecule has 1 heterocycles. The van der Waals surface area contributed by atoms with E-state index in [-0.39, 0.29) is 17.3 Å². The summed E-state index contributed by atoms with van der Waals surface area (Å²) in [6.07, 6.45) is 1.35. The van der Waals surface area contributed by atoms with Gasteiger partial charge in [-0.3, -0.25) is 9.89 Å². The van der Waals surface area contributed by atoms with Gasteiger partial charge >= 0.3 is 0 Å². The number of aromatic nitrogens is 2. The van der Waals surface area contributed by atoms with Gasteiger partial charge in [-0.15, -0.1) is 0 Å². The number of carbonyl (C=O) groups excluding carboxylic acids is 1. The van der Waals surface area contributed by atoms with Crippen LogP contribution in [0.1, 0.15) is 17.3 Å². The number of hydrogen-bond acceptors (Lipinski definition) is 4. The molecular weight excluding hydrogens is 196 g/mol. The number of nitrogens with two attached hydrogens (primary N) is 1. The van der Waals surface area contributed by atoms with Gasteiger partial charge in [-0.2, -0.15) is 10.2 Å². The smallest absolute Gasteiger partial charge is 0.276 e. The molecule has 0 saturated carbocycles. The van der Waals surface area contributed by atoms with Crippen molar-refractivity contribution in [1.29, 1.82) is 0 Å². The van der Waals surface area contributed by atoms with Crippen molar-refractivity contribution in [1.82, 2.24) is 20.5 Å². The van der Waals surface area contributed by atoms with Crippen molar-refractivity contribution in [3.63, 3.8) is 0 Å². The average Bonchev–Trinajstić information content (AvgIpc) is 2.60. The van der Waals surface area contributed by atoms with Crippen molar-refractivity contribution in [2.45, 2.75) is 6.92 Å². The van der Waals surface area contributed by atoms with Crippen LogP contribution in [0.2, 0.25) is 0 Å². The standard InChI is InChI=1S/C8H14N6O/c1-5(14(2)3)11-13-8(15)6-4-10-12-7(6)9/h4H,1-3H3,(H,13,15)(H3,9,10,12). The zero-order chi connectivity index (χ0) is 11.4. The lowest BCUT2D eigenvalue weighted by molar-refractivity contribution is 0.0955. The van der Waals surface area contributed by atoms with Crippen molar-refractivity contribution in [3.8, 4) is 0 Å². The number of nitrogens with zero attached hydrogens (tertiary/aromatic N) is 3. The second-order valence-electron chi connectivity index (χ2n) is 3.19. The Hall–Kier alpha value is -2.05. The van der Waals surface area contributed by atoms with Crippen LogP contribution in [0.4, 0.5) is 5.82 Å². The fourth-order valence-electron chi connectivity index (χ4n) is 0.769. The van der Waals surface area contributed by atoms with E-state index >= 15 is 0 Å². The van der Waals surface area contributed by atoms with E-state index in [2.05, 4.69) is 20.7 Å². The minimum absolute atomic E-state index is 0.227. The van der Waals surface area contributed by atoms with Crippen LogP contribution in [0.25, 0.3) is 0 Å². The second-order valence-corrected chi connectivity index (χ2v) is 3.19. The fourth-order valence-corrected chi connectivity index (χ4v) is 0.769. The van der Waals surface area contributed by atoms with Gasteiger partial charge in [0.05, 0.1) is 6.20 Å². The van der Waals surface area contributed by atoms with Crippen LogP contribution in [0.5, 0.6) is 0 Å². The molecular formula is C8H14N6O. The number of hydrogen-bond donors (Lipinski definition) is 3. The zero-order valence-corrected chi connectivity index (χ0v) is 8.90.